The first-order valence-corrected chi connectivity index (χ1v) is 11.4. The molecule has 7 heteroatoms. The lowest BCUT2D eigenvalue weighted by atomic mass is 9.73. The van der Waals surface area contributed by atoms with E-state index in [4.69, 9.17) is 0 Å². The number of benzene rings is 2. The molecule has 0 fully saturated rings. The van der Waals surface area contributed by atoms with Gasteiger partial charge in [-0.1, -0.05) is 36.4 Å². The Bertz CT molecular complexity index is 1010. The van der Waals surface area contributed by atoms with Crippen molar-refractivity contribution in [3.8, 4) is 6.07 Å². The van der Waals surface area contributed by atoms with Crippen LogP contribution in [0.1, 0.15) is 24.0 Å². The molecule has 2 aromatic rings. The van der Waals surface area contributed by atoms with Gasteiger partial charge in [0.25, 0.3) is 0 Å². The van der Waals surface area contributed by atoms with Gasteiger partial charge in [-0.05, 0) is 66.0 Å². The minimum atomic E-state index is -1.53. The number of allylic oxidation sites excluding steroid dienone is 1. The van der Waals surface area contributed by atoms with E-state index in [1.807, 2.05) is 61.7 Å². The fraction of sp³-hybridized carbons (Fsp3) is 0.273. The number of amides is 1. The van der Waals surface area contributed by atoms with Gasteiger partial charge in [-0.3, -0.25) is 4.79 Å². The van der Waals surface area contributed by atoms with Crippen LogP contribution >= 0.6 is 34.4 Å². The Kier molecular flexibility index (Phi) is 6.56. The first-order chi connectivity index (χ1) is 13.8. The van der Waals surface area contributed by atoms with E-state index in [1.165, 1.54) is 11.8 Å². The molecule has 0 unspecified atom stereocenters. The molecule has 0 spiro atoms. The Morgan fingerprint density at radius 3 is 2.55 bits per heavy atom. The second kappa shape index (κ2) is 8.78. The average molecular weight is 519 g/mol. The fourth-order valence-corrected chi connectivity index (χ4v) is 5.11. The highest BCUT2D eigenvalue weighted by atomic mass is 127. The van der Waals surface area contributed by atoms with Crippen LogP contribution in [0.5, 0.6) is 0 Å². The average Bonchev–Trinajstić information content (AvgIpc) is 2.68. The minimum absolute atomic E-state index is 0.339. The topological polar surface area (TPSA) is 85.2 Å². The minimum Gasteiger partial charge on any atom is -0.370 e. The fourth-order valence-electron chi connectivity index (χ4n) is 3.68. The third kappa shape index (κ3) is 4.29. The van der Waals surface area contributed by atoms with E-state index in [1.54, 1.807) is 6.92 Å². The SMILES string of the molecule is CSC1=C(C#N)[C@H](c2ccccc2I)[C@H](C(=O)Nc2ccccc2C)[C@](C)(O)N1. The van der Waals surface area contributed by atoms with E-state index >= 15 is 0 Å². The number of aliphatic hydroxyl groups is 1. The van der Waals surface area contributed by atoms with E-state index in [-0.39, 0.29) is 5.91 Å². The molecular weight excluding hydrogens is 497 g/mol. The van der Waals surface area contributed by atoms with E-state index in [9.17, 15) is 15.2 Å². The molecule has 5 nitrogen and oxygen atoms in total. The maximum Gasteiger partial charge on any atom is 0.233 e. The van der Waals surface area contributed by atoms with Gasteiger partial charge in [0.2, 0.25) is 5.91 Å². The lowest BCUT2D eigenvalue weighted by molar-refractivity contribution is -0.131. The van der Waals surface area contributed by atoms with Crippen molar-refractivity contribution in [3.05, 3.63) is 73.8 Å². The van der Waals surface area contributed by atoms with Crippen molar-refractivity contribution in [3.63, 3.8) is 0 Å². The number of carbonyl (C=O) groups excluding carboxylic acids is 1. The van der Waals surface area contributed by atoms with Crippen LogP contribution in [0.25, 0.3) is 0 Å². The van der Waals surface area contributed by atoms with Gasteiger partial charge in [0, 0.05) is 15.2 Å². The number of nitrogens with one attached hydrogen (secondary N) is 2. The molecule has 1 aliphatic rings. The number of hydrogen-bond donors (Lipinski definition) is 3. The zero-order chi connectivity index (χ0) is 21.2. The van der Waals surface area contributed by atoms with Gasteiger partial charge in [-0.2, -0.15) is 5.26 Å². The summed E-state index contributed by atoms with van der Waals surface area (Å²) in [5.41, 5.74) is 1.39. The van der Waals surface area contributed by atoms with Crippen molar-refractivity contribution in [2.24, 2.45) is 5.92 Å². The number of aryl methyl sites for hydroxylation is 1. The van der Waals surface area contributed by atoms with E-state index < -0.39 is 17.6 Å². The van der Waals surface area contributed by atoms with Crippen LogP contribution in [0.3, 0.4) is 0 Å². The molecule has 1 aliphatic heterocycles. The zero-order valence-electron chi connectivity index (χ0n) is 16.4. The molecule has 0 aromatic heterocycles. The lowest BCUT2D eigenvalue weighted by Gasteiger charge is -2.43. The van der Waals surface area contributed by atoms with E-state index in [2.05, 4.69) is 39.3 Å². The molecule has 0 saturated carbocycles. The molecule has 3 rings (SSSR count). The molecule has 0 saturated heterocycles. The van der Waals surface area contributed by atoms with Gasteiger partial charge < -0.3 is 15.7 Å². The van der Waals surface area contributed by atoms with Gasteiger partial charge >= 0.3 is 0 Å². The number of thioether (sulfide) groups is 1. The summed E-state index contributed by atoms with van der Waals surface area (Å²) in [5.74, 6) is -1.81. The Morgan fingerprint density at radius 2 is 1.93 bits per heavy atom. The largest absolute Gasteiger partial charge is 0.370 e. The van der Waals surface area contributed by atoms with Crippen molar-refractivity contribution in [2.45, 2.75) is 25.5 Å². The molecule has 0 aliphatic carbocycles. The molecule has 0 bridgehead atoms. The predicted molar refractivity (Wildman–Crippen MR) is 125 cm³/mol. The maximum atomic E-state index is 13.4. The van der Waals surface area contributed by atoms with Crippen LogP contribution in [0, 0.1) is 27.7 Å². The molecule has 150 valence electrons. The molecule has 2 aromatic carbocycles. The van der Waals surface area contributed by atoms with Gasteiger partial charge in [-0.15, -0.1) is 11.8 Å². The summed E-state index contributed by atoms with van der Waals surface area (Å²) in [5, 5.41) is 27.7. The third-order valence-electron chi connectivity index (χ3n) is 5.11. The van der Waals surface area contributed by atoms with Gasteiger partial charge in [0.1, 0.15) is 5.72 Å². The third-order valence-corrected chi connectivity index (χ3v) is 6.82. The standard InChI is InChI=1S/C22H22IN3O2S/c1-13-8-4-7-11-17(13)25-20(27)19-18(14-9-5-6-10-16(14)23)15(12-24)21(29-3)26-22(19,2)28/h4-11,18-19,26,28H,1-3H3,(H,25,27)/t18-,19+,22-/m0/s1. The van der Waals surface area contributed by atoms with Crippen LogP contribution in [-0.4, -0.2) is 23.0 Å². The Morgan fingerprint density at radius 1 is 1.28 bits per heavy atom. The normalized spacial score (nSPS) is 23.9. The molecule has 3 N–H and O–H groups in total. The summed E-state index contributed by atoms with van der Waals surface area (Å²) < 4.78 is 0.940. The highest BCUT2D eigenvalue weighted by molar-refractivity contribution is 14.1. The predicted octanol–water partition coefficient (Wildman–Crippen LogP) is 4.35. The van der Waals surface area contributed by atoms with Crippen molar-refractivity contribution >= 4 is 45.9 Å². The molecule has 1 amide bonds. The summed E-state index contributed by atoms with van der Waals surface area (Å²) in [6.45, 7) is 3.50. The Balaban J connectivity index is 2.14. The van der Waals surface area contributed by atoms with Crippen molar-refractivity contribution in [1.82, 2.24) is 5.32 Å². The van der Waals surface area contributed by atoms with Gasteiger partial charge in [0.15, 0.2) is 0 Å². The highest BCUT2D eigenvalue weighted by Crippen LogP contribution is 2.45. The first kappa shape index (κ1) is 21.7. The zero-order valence-corrected chi connectivity index (χ0v) is 19.3. The van der Waals surface area contributed by atoms with Crippen molar-refractivity contribution < 1.29 is 9.90 Å². The molecular formula is C22H22IN3O2S. The molecule has 1 heterocycles. The Hall–Kier alpha value is -2.02. The number of para-hydroxylation sites is 1. The number of carbonyl (C=O) groups is 1. The lowest BCUT2D eigenvalue weighted by Crippen LogP contribution is -2.57. The number of halogens is 1. The van der Waals surface area contributed by atoms with Crippen molar-refractivity contribution in [1.29, 1.82) is 5.26 Å². The molecule has 0 radical (unpaired) electrons. The first-order valence-electron chi connectivity index (χ1n) is 9.10. The number of rotatable bonds is 4. The van der Waals surface area contributed by atoms with Gasteiger partial charge in [-0.25, -0.2) is 0 Å². The van der Waals surface area contributed by atoms with E-state index in [0.29, 0.717) is 16.3 Å². The second-order valence-electron chi connectivity index (χ2n) is 7.11. The number of nitrogens with zero attached hydrogens (tertiary/aromatic N) is 1. The summed E-state index contributed by atoms with van der Waals surface area (Å²) in [6.07, 6.45) is 1.84. The summed E-state index contributed by atoms with van der Waals surface area (Å²) in [6, 6.07) is 17.4. The highest BCUT2D eigenvalue weighted by Gasteiger charge is 2.50. The monoisotopic (exact) mass is 519 g/mol. The Labute approximate surface area is 188 Å². The van der Waals surface area contributed by atoms with Crippen LogP contribution in [0.2, 0.25) is 0 Å². The number of anilines is 1. The quantitative estimate of drug-likeness (QED) is 0.524. The number of nitriles is 1. The summed E-state index contributed by atoms with van der Waals surface area (Å²) in [4.78, 5) is 13.4. The van der Waals surface area contributed by atoms with Crippen LogP contribution in [0.4, 0.5) is 5.69 Å². The maximum absolute atomic E-state index is 13.4. The second-order valence-corrected chi connectivity index (χ2v) is 9.09. The van der Waals surface area contributed by atoms with Crippen LogP contribution < -0.4 is 10.6 Å². The van der Waals surface area contributed by atoms with Gasteiger partial charge in [0.05, 0.1) is 22.6 Å². The number of hydrogen-bond acceptors (Lipinski definition) is 5. The molecule has 29 heavy (non-hydrogen) atoms. The van der Waals surface area contributed by atoms with Crippen LogP contribution in [-0.2, 0) is 4.79 Å². The summed E-state index contributed by atoms with van der Waals surface area (Å²) >= 11 is 3.57. The molecule has 3 atom stereocenters. The summed E-state index contributed by atoms with van der Waals surface area (Å²) in [7, 11) is 0. The van der Waals surface area contributed by atoms with Crippen LogP contribution in [0.15, 0.2) is 59.1 Å². The van der Waals surface area contributed by atoms with E-state index in [0.717, 1.165) is 14.7 Å². The smallest absolute Gasteiger partial charge is 0.233 e. The van der Waals surface area contributed by atoms with Crippen molar-refractivity contribution in [2.75, 3.05) is 11.6 Å².